The van der Waals surface area contributed by atoms with Crippen molar-refractivity contribution in [2.75, 3.05) is 20.2 Å². The van der Waals surface area contributed by atoms with Crippen LogP contribution in [0.2, 0.25) is 0 Å². The van der Waals surface area contributed by atoms with Crippen molar-refractivity contribution in [1.29, 1.82) is 0 Å². The van der Waals surface area contributed by atoms with Crippen LogP contribution in [-0.2, 0) is 14.3 Å². The molecule has 1 amide bonds. The normalized spacial score (nSPS) is 10.4. The zero-order chi connectivity index (χ0) is 14.3. The highest BCUT2D eigenvalue weighted by Crippen LogP contribution is 2.10. The summed E-state index contributed by atoms with van der Waals surface area (Å²) in [5.74, 6) is -0.543. The first-order valence-electron chi connectivity index (χ1n) is 5.89. The molecular formula is C14H17NO4. The topological polar surface area (TPSA) is 66.8 Å². The average molecular weight is 263 g/mol. The maximum atomic E-state index is 11.8. The van der Waals surface area contributed by atoms with E-state index >= 15 is 0 Å². The van der Waals surface area contributed by atoms with Gasteiger partial charge in [0.15, 0.2) is 0 Å². The van der Waals surface area contributed by atoms with Crippen molar-refractivity contribution in [3.63, 3.8) is 0 Å². The summed E-state index contributed by atoms with van der Waals surface area (Å²) in [6.45, 7) is 2.15. The number of amides is 1. The number of carbonyl (C=O) groups excluding carboxylic acids is 2. The van der Waals surface area contributed by atoms with Crippen LogP contribution >= 0.6 is 0 Å². The third-order valence-electron chi connectivity index (χ3n) is 2.55. The Morgan fingerprint density at radius 1 is 1.32 bits per heavy atom. The van der Waals surface area contributed by atoms with Gasteiger partial charge in [0.1, 0.15) is 12.3 Å². The van der Waals surface area contributed by atoms with Crippen LogP contribution in [0, 0.1) is 0 Å². The monoisotopic (exact) mass is 263 g/mol. The zero-order valence-electron chi connectivity index (χ0n) is 11.0. The molecule has 0 unspecified atom stereocenters. The van der Waals surface area contributed by atoms with Gasteiger partial charge in [0, 0.05) is 12.6 Å². The van der Waals surface area contributed by atoms with Crippen molar-refractivity contribution in [3.8, 4) is 5.75 Å². The van der Waals surface area contributed by atoms with E-state index in [4.69, 9.17) is 5.11 Å². The summed E-state index contributed by atoms with van der Waals surface area (Å²) in [5, 5.41) is 9.14. The fourth-order valence-corrected chi connectivity index (χ4v) is 1.42. The molecule has 0 heterocycles. The van der Waals surface area contributed by atoms with Crippen molar-refractivity contribution in [2.45, 2.75) is 6.92 Å². The maximum Gasteiger partial charge on any atom is 0.325 e. The number of methoxy groups -OCH3 is 1. The van der Waals surface area contributed by atoms with E-state index in [2.05, 4.69) is 4.74 Å². The Balaban J connectivity index is 2.66. The lowest BCUT2D eigenvalue weighted by Gasteiger charge is -2.17. The van der Waals surface area contributed by atoms with Crippen LogP contribution in [0.3, 0.4) is 0 Å². The number of hydrogen-bond donors (Lipinski definition) is 1. The van der Waals surface area contributed by atoms with Gasteiger partial charge in [-0.2, -0.15) is 0 Å². The van der Waals surface area contributed by atoms with Crippen LogP contribution in [-0.4, -0.2) is 42.1 Å². The second-order valence-corrected chi connectivity index (χ2v) is 3.85. The van der Waals surface area contributed by atoms with Crippen molar-refractivity contribution in [2.24, 2.45) is 0 Å². The summed E-state index contributed by atoms with van der Waals surface area (Å²) in [6.07, 6.45) is 3.01. The number of phenolic OH excluding ortho intramolecular Hbond substituents is 1. The number of hydrogen-bond acceptors (Lipinski definition) is 4. The number of nitrogens with zero attached hydrogens (tertiary/aromatic N) is 1. The van der Waals surface area contributed by atoms with Gasteiger partial charge in [-0.3, -0.25) is 9.59 Å². The number of esters is 1. The fourth-order valence-electron chi connectivity index (χ4n) is 1.42. The lowest BCUT2D eigenvalue weighted by atomic mass is 10.2. The molecule has 0 atom stereocenters. The molecule has 0 spiro atoms. The zero-order valence-corrected chi connectivity index (χ0v) is 11.0. The highest BCUT2D eigenvalue weighted by atomic mass is 16.5. The molecule has 0 aliphatic carbocycles. The number of likely N-dealkylation sites (N-methyl/N-ethyl adjacent to an activating group) is 1. The number of carbonyl (C=O) groups is 2. The van der Waals surface area contributed by atoms with E-state index in [1.165, 1.54) is 30.2 Å². The van der Waals surface area contributed by atoms with E-state index < -0.39 is 5.97 Å². The van der Waals surface area contributed by atoms with Crippen molar-refractivity contribution in [3.05, 3.63) is 35.9 Å². The first kappa shape index (κ1) is 14.8. The lowest BCUT2D eigenvalue weighted by Crippen LogP contribution is -2.34. The first-order chi connectivity index (χ1) is 9.06. The minimum atomic E-state index is -0.451. The standard InChI is InChI=1S/C14H17NO4/c1-3-15(10-14(18)19-2)13(17)9-6-11-4-7-12(16)8-5-11/h4-9,16H,3,10H2,1-2H3/b9-6+. The minimum absolute atomic E-state index is 0.0637. The summed E-state index contributed by atoms with van der Waals surface area (Å²) in [5.41, 5.74) is 0.792. The summed E-state index contributed by atoms with van der Waals surface area (Å²) in [4.78, 5) is 24.4. The van der Waals surface area contributed by atoms with Gasteiger partial charge >= 0.3 is 5.97 Å². The number of phenols is 1. The van der Waals surface area contributed by atoms with Gasteiger partial charge in [0.25, 0.3) is 0 Å². The predicted molar refractivity (Wildman–Crippen MR) is 71.4 cm³/mol. The van der Waals surface area contributed by atoms with Crippen LogP contribution < -0.4 is 0 Å². The molecule has 1 aromatic carbocycles. The SMILES string of the molecule is CCN(CC(=O)OC)C(=O)/C=C/c1ccc(O)cc1. The minimum Gasteiger partial charge on any atom is -0.508 e. The molecule has 0 saturated heterocycles. The average Bonchev–Trinajstić information content (AvgIpc) is 2.43. The Hall–Kier alpha value is -2.30. The third-order valence-corrected chi connectivity index (χ3v) is 2.55. The van der Waals surface area contributed by atoms with Gasteiger partial charge in [0.05, 0.1) is 7.11 Å². The molecule has 19 heavy (non-hydrogen) atoms. The van der Waals surface area contributed by atoms with E-state index in [0.717, 1.165) is 5.56 Å². The maximum absolute atomic E-state index is 11.8. The molecular weight excluding hydrogens is 246 g/mol. The first-order valence-corrected chi connectivity index (χ1v) is 5.89. The van der Waals surface area contributed by atoms with E-state index in [9.17, 15) is 9.59 Å². The van der Waals surface area contributed by atoms with Crippen LogP contribution in [0.15, 0.2) is 30.3 Å². The molecule has 0 bridgehead atoms. The number of ether oxygens (including phenoxy) is 1. The Morgan fingerprint density at radius 3 is 2.47 bits per heavy atom. The summed E-state index contributed by atoms with van der Waals surface area (Å²) < 4.78 is 4.52. The second-order valence-electron chi connectivity index (χ2n) is 3.85. The second kappa shape index (κ2) is 7.20. The molecule has 0 aliphatic rings. The molecule has 5 heteroatoms. The molecule has 102 valence electrons. The lowest BCUT2D eigenvalue weighted by molar-refractivity contribution is -0.145. The van der Waals surface area contributed by atoms with Gasteiger partial charge in [0.2, 0.25) is 5.91 Å². The largest absolute Gasteiger partial charge is 0.508 e. The third kappa shape index (κ3) is 4.83. The van der Waals surface area contributed by atoms with Crippen LogP contribution in [0.1, 0.15) is 12.5 Å². The molecule has 1 aromatic rings. The summed E-state index contributed by atoms with van der Waals surface area (Å²) in [7, 11) is 1.28. The van der Waals surface area contributed by atoms with Gasteiger partial charge in [-0.25, -0.2) is 0 Å². The predicted octanol–water partition coefficient (Wildman–Crippen LogP) is 1.43. The van der Waals surface area contributed by atoms with Gasteiger partial charge in [-0.15, -0.1) is 0 Å². The molecule has 1 N–H and O–H groups in total. The number of benzene rings is 1. The van der Waals surface area contributed by atoms with E-state index in [0.29, 0.717) is 6.54 Å². The van der Waals surface area contributed by atoms with Gasteiger partial charge < -0.3 is 14.7 Å². The molecule has 0 radical (unpaired) electrons. The van der Waals surface area contributed by atoms with Gasteiger partial charge in [-0.1, -0.05) is 12.1 Å². The van der Waals surface area contributed by atoms with Crippen molar-refractivity contribution < 1.29 is 19.4 Å². The van der Waals surface area contributed by atoms with Crippen LogP contribution in [0.4, 0.5) is 0 Å². The molecule has 5 nitrogen and oxygen atoms in total. The number of rotatable bonds is 5. The van der Waals surface area contributed by atoms with Crippen molar-refractivity contribution in [1.82, 2.24) is 4.90 Å². The highest BCUT2D eigenvalue weighted by Gasteiger charge is 2.12. The highest BCUT2D eigenvalue weighted by molar-refractivity contribution is 5.93. The summed E-state index contributed by atoms with van der Waals surface area (Å²) in [6, 6.07) is 6.46. The van der Waals surface area contributed by atoms with E-state index in [1.54, 1.807) is 25.1 Å². The van der Waals surface area contributed by atoms with Crippen molar-refractivity contribution >= 4 is 18.0 Å². The molecule has 0 saturated carbocycles. The molecule has 0 aliphatic heterocycles. The Kier molecular flexibility index (Phi) is 5.60. The molecule has 0 aromatic heterocycles. The Bertz CT molecular complexity index is 465. The molecule has 0 fully saturated rings. The van der Waals surface area contributed by atoms with Crippen LogP contribution in [0.5, 0.6) is 5.75 Å². The Labute approximate surface area is 112 Å². The number of aromatic hydroxyl groups is 1. The Morgan fingerprint density at radius 2 is 1.95 bits per heavy atom. The quantitative estimate of drug-likeness (QED) is 0.644. The van der Waals surface area contributed by atoms with Gasteiger partial charge in [-0.05, 0) is 30.7 Å². The smallest absolute Gasteiger partial charge is 0.325 e. The molecule has 1 rings (SSSR count). The van der Waals surface area contributed by atoms with E-state index in [-0.39, 0.29) is 18.2 Å². The fraction of sp³-hybridized carbons (Fsp3) is 0.286. The van der Waals surface area contributed by atoms with E-state index in [1.807, 2.05) is 0 Å². The summed E-state index contributed by atoms with van der Waals surface area (Å²) >= 11 is 0. The van der Waals surface area contributed by atoms with Crippen LogP contribution in [0.25, 0.3) is 6.08 Å².